The molecule has 144 valence electrons. The maximum atomic E-state index is 12.6. The first-order valence-corrected chi connectivity index (χ1v) is 11.1. The van der Waals surface area contributed by atoms with Gasteiger partial charge in [0.15, 0.2) is 0 Å². The van der Waals surface area contributed by atoms with Gasteiger partial charge in [0, 0.05) is 6.54 Å². The van der Waals surface area contributed by atoms with E-state index in [4.69, 9.17) is 0 Å². The zero-order valence-corrected chi connectivity index (χ0v) is 16.4. The SMILES string of the molecule is CS(=O)(=O)N(CCc1ccccc1)CC(=O)N[C@@H]1CCCc2ccccc21. The van der Waals surface area contributed by atoms with Crippen LogP contribution in [0.4, 0.5) is 0 Å². The molecule has 0 aromatic heterocycles. The van der Waals surface area contributed by atoms with Crippen LogP contribution in [0.15, 0.2) is 54.6 Å². The van der Waals surface area contributed by atoms with Crippen molar-refractivity contribution >= 4 is 15.9 Å². The molecule has 1 N–H and O–H groups in total. The van der Waals surface area contributed by atoms with Crippen LogP contribution >= 0.6 is 0 Å². The van der Waals surface area contributed by atoms with Gasteiger partial charge in [0.05, 0.1) is 18.8 Å². The molecule has 0 bridgehead atoms. The van der Waals surface area contributed by atoms with Crippen molar-refractivity contribution in [1.82, 2.24) is 9.62 Å². The van der Waals surface area contributed by atoms with Crippen LogP contribution in [0.3, 0.4) is 0 Å². The van der Waals surface area contributed by atoms with Crippen molar-refractivity contribution < 1.29 is 13.2 Å². The smallest absolute Gasteiger partial charge is 0.235 e. The number of amides is 1. The van der Waals surface area contributed by atoms with E-state index in [1.54, 1.807) is 0 Å². The number of sulfonamides is 1. The lowest BCUT2D eigenvalue weighted by atomic mass is 9.88. The Morgan fingerprint density at radius 2 is 1.81 bits per heavy atom. The van der Waals surface area contributed by atoms with Crippen molar-refractivity contribution in [3.63, 3.8) is 0 Å². The van der Waals surface area contributed by atoms with Gasteiger partial charge >= 0.3 is 0 Å². The van der Waals surface area contributed by atoms with Crippen molar-refractivity contribution in [1.29, 1.82) is 0 Å². The average Bonchev–Trinajstić information content (AvgIpc) is 2.65. The van der Waals surface area contributed by atoms with Gasteiger partial charge in [-0.05, 0) is 42.4 Å². The summed E-state index contributed by atoms with van der Waals surface area (Å²) in [6, 6.07) is 17.8. The molecule has 5 nitrogen and oxygen atoms in total. The Bertz CT molecular complexity index is 881. The highest BCUT2D eigenvalue weighted by molar-refractivity contribution is 7.88. The molecule has 1 atom stereocenters. The highest BCUT2D eigenvalue weighted by atomic mass is 32.2. The van der Waals surface area contributed by atoms with Gasteiger partial charge in [0.2, 0.25) is 15.9 Å². The number of carbonyl (C=O) groups excluding carboxylic acids is 1. The topological polar surface area (TPSA) is 66.5 Å². The summed E-state index contributed by atoms with van der Waals surface area (Å²) in [5.74, 6) is -0.254. The molecule has 0 aliphatic heterocycles. The summed E-state index contributed by atoms with van der Waals surface area (Å²) in [7, 11) is -3.46. The fourth-order valence-corrected chi connectivity index (χ4v) is 4.34. The second-order valence-corrected chi connectivity index (χ2v) is 9.03. The summed E-state index contributed by atoms with van der Waals surface area (Å²) in [6.45, 7) is 0.141. The zero-order valence-electron chi connectivity index (χ0n) is 15.6. The van der Waals surface area contributed by atoms with Crippen LogP contribution < -0.4 is 5.32 Å². The third-order valence-electron chi connectivity index (χ3n) is 4.99. The molecule has 0 saturated carbocycles. The molecule has 1 aliphatic carbocycles. The number of nitrogens with zero attached hydrogens (tertiary/aromatic N) is 1. The average molecular weight is 387 g/mol. The first kappa shape index (κ1) is 19.6. The van der Waals surface area contributed by atoms with E-state index >= 15 is 0 Å². The Balaban J connectivity index is 1.63. The standard InChI is InChI=1S/C21H26N2O3S/c1-27(25,26)23(15-14-17-8-3-2-4-9-17)16-21(24)22-20-13-7-11-18-10-5-6-12-19(18)20/h2-6,8-10,12,20H,7,11,13-16H2,1H3,(H,22,24)/t20-/m1/s1. The third kappa shape index (κ3) is 5.40. The van der Waals surface area contributed by atoms with Crippen molar-refractivity contribution in [2.24, 2.45) is 0 Å². The minimum atomic E-state index is -3.46. The van der Waals surface area contributed by atoms with E-state index in [9.17, 15) is 13.2 Å². The van der Waals surface area contributed by atoms with Crippen LogP contribution in [-0.2, 0) is 27.7 Å². The largest absolute Gasteiger partial charge is 0.348 e. The van der Waals surface area contributed by atoms with Gasteiger partial charge in [-0.3, -0.25) is 4.79 Å². The van der Waals surface area contributed by atoms with Crippen LogP contribution in [0.2, 0.25) is 0 Å². The zero-order chi connectivity index (χ0) is 19.3. The van der Waals surface area contributed by atoms with Crippen LogP contribution in [0.1, 0.15) is 35.6 Å². The number of fused-ring (bicyclic) bond motifs is 1. The molecular weight excluding hydrogens is 360 g/mol. The van der Waals surface area contributed by atoms with Crippen LogP contribution in [-0.4, -0.2) is 38.0 Å². The lowest BCUT2D eigenvalue weighted by molar-refractivity contribution is -0.122. The van der Waals surface area contributed by atoms with E-state index in [1.807, 2.05) is 48.5 Å². The predicted molar refractivity (Wildman–Crippen MR) is 107 cm³/mol. The molecule has 0 unspecified atom stereocenters. The monoisotopic (exact) mass is 386 g/mol. The van der Waals surface area contributed by atoms with Crippen LogP contribution in [0, 0.1) is 0 Å². The van der Waals surface area contributed by atoms with E-state index in [0.29, 0.717) is 6.42 Å². The van der Waals surface area contributed by atoms with E-state index < -0.39 is 10.0 Å². The molecule has 27 heavy (non-hydrogen) atoms. The van der Waals surface area contributed by atoms with Gasteiger partial charge in [-0.15, -0.1) is 0 Å². The summed E-state index contributed by atoms with van der Waals surface area (Å²) < 4.78 is 25.5. The molecule has 2 aromatic carbocycles. The minimum Gasteiger partial charge on any atom is -0.348 e. The Morgan fingerprint density at radius 3 is 2.56 bits per heavy atom. The summed E-state index contributed by atoms with van der Waals surface area (Å²) in [4.78, 5) is 12.6. The molecule has 2 aromatic rings. The van der Waals surface area contributed by atoms with E-state index in [-0.39, 0.29) is 25.0 Å². The van der Waals surface area contributed by atoms with Crippen molar-refractivity contribution in [3.8, 4) is 0 Å². The summed E-state index contributed by atoms with van der Waals surface area (Å²) in [5, 5.41) is 3.03. The molecule has 0 heterocycles. The second-order valence-electron chi connectivity index (χ2n) is 7.04. The quantitative estimate of drug-likeness (QED) is 0.796. The van der Waals surface area contributed by atoms with E-state index in [0.717, 1.165) is 36.6 Å². The highest BCUT2D eigenvalue weighted by Gasteiger charge is 2.24. The number of carbonyl (C=O) groups is 1. The van der Waals surface area contributed by atoms with Crippen molar-refractivity contribution in [3.05, 3.63) is 71.3 Å². The second kappa shape index (κ2) is 8.67. The van der Waals surface area contributed by atoms with Crippen LogP contribution in [0.5, 0.6) is 0 Å². The van der Waals surface area contributed by atoms with Crippen molar-refractivity contribution in [2.75, 3.05) is 19.3 Å². The fourth-order valence-electron chi connectivity index (χ4n) is 3.56. The molecule has 1 amide bonds. The summed E-state index contributed by atoms with van der Waals surface area (Å²) in [6.07, 6.45) is 4.65. The number of hydrogen-bond acceptors (Lipinski definition) is 3. The van der Waals surface area contributed by atoms with E-state index in [2.05, 4.69) is 11.4 Å². The van der Waals surface area contributed by atoms with Gasteiger partial charge < -0.3 is 5.32 Å². The number of aryl methyl sites for hydroxylation is 1. The summed E-state index contributed by atoms with van der Waals surface area (Å²) >= 11 is 0. The summed E-state index contributed by atoms with van der Waals surface area (Å²) in [5.41, 5.74) is 3.46. The minimum absolute atomic E-state index is 0.0435. The van der Waals surface area contributed by atoms with Crippen molar-refractivity contribution in [2.45, 2.75) is 31.7 Å². The maximum absolute atomic E-state index is 12.6. The number of benzene rings is 2. The number of hydrogen-bond donors (Lipinski definition) is 1. The normalized spacial score (nSPS) is 16.7. The lowest BCUT2D eigenvalue weighted by Gasteiger charge is -2.27. The first-order valence-electron chi connectivity index (χ1n) is 9.30. The molecule has 0 radical (unpaired) electrons. The Kier molecular flexibility index (Phi) is 6.29. The maximum Gasteiger partial charge on any atom is 0.235 e. The molecule has 3 rings (SSSR count). The lowest BCUT2D eigenvalue weighted by Crippen LogP contribution is -2.42. The first-order chi connectivity index (χ1) is 12.9. The Morgan fingerprint density at radius 1 is 1.11 bits per heavy atom. The van der Waals surface area contributed by atoms with Gasteiger partial charge in [0.25, 0.3) is 0 Å². The van der Waals surface area contributed by atoms with Gasteiger partial charge in [-0.1, -0.05) is 54.6 Å². The Labute approximate surface area is 161 Å². The molecule has 0 fully saturated rings. The Hall–Kier alpha value is -2.18. The molecule has 0 saturated heterocycles. The third-order valence-corrected chi connectivity index (χ3v) is 6.24. The van der Waals surface area contributed by atoms with Crippen LogP contribution in [0.25, 0.3) is 0 Å². The molecular formula is C21H26N2O3S. The number of nitrogens with one attached hydrogen (secondary N) is 1. The molecule has 6 heteroatoms. The predicted octanol–water partition coefficient (Wildman–Crippen LogP) is 2.68. The van der Waals surface area contributed by atoms with Gasteiger partial charge in [0.1, 0.15) is 0 Å². The fraction of sp³-hybridized carbons (Fsp3) is 0.381. The number of rotatable bonds is 7. The highest BCUT2D eigenvalue weighted by Crippen LogP contribution is 2.29. The van der Waals surface area contributed by atoms with E-state index in [1.165, 1.54) is 9.87 Å². The van der Waals surface area contributed by atoms with Gasteiger partial charge in [-0.25, -0.2) is 8.42 Å². The molecule has 1 aliphatic rings. The van der Waals surface area contributed by atoms with Gasteiger partial charge in [-0.2, -0.15) is 4.31 Å². The molecule has 0 spiro atoms.